The highest BCUT2D eigenvalue weighted by Crippen LogP contribution is 2.43. The second-order valence-corrected chi connectivity index (χ2v) is 13.6. The van der Waals surface area contributed by atoms with Gasteiger partial charge in [-0.2, -0.15) is 0 Å². The summed E-state index contributed by atoms with van der Waals surface area (Å²) in [6, 6.07) is 43.6. The molecular formula is C39H38O7S. The van der Waals surface area contributed by atoms with E-state index < -0.39 is 46.4 Å². The Kier molecular flexibility index (Phi) is 9.88. The average molecular weight is 651 g/mol. The SMILES string of the molecule is O=S1C[C@H](c2ccccc2)O[C@@H]2[C@@H](OCc3ccccc3)[C@@H](OCc3ccccc3)[C@@H](COCc3ccc4ccccc4c3)O[C@@]21O. The van der Waals surface area contributed by atoms with Crippen LogP contribution in [0.2, 0.25) is 0 Å². The minimum atomic E-state index is -2.13. The molecule has 1 N–H and O–H groups in total. The molecule has 47 heavy (non-hydrogen) atoms. The van der Waals surface area contributed by atoms with Gasteiger partial charge in [-0.3, -0.25) is 4.21 Å². The number of fused-ring (bicyclic) bond motifs is 2. The fraction of sp³-hybridized carbons (Fsp3) is 0.282. The summed E-state index contributed by atoms with van der Waals surface area (Å²) in [5.74, 6) is 0.0720. The molecule has 1 unspecified atom stereocenters. The Labute approximate surface area is 277 Å². The van der Waals surface area contributed by atoms with E-state index in [4.69, 9.17) is 23.7 Å². The molecule has 0 spiro atoms. The van der Waals surface area contributed by atoms with Gasteiger partial charge < -0.3 is 28.8 Å². The van der Waals surface area contributed by atoms with Crippen LogP contribution in [0.4, 0.5) is 0 Å². The molecule has 7 rings (SSSR count). The zero-order valence-corrected chi connectivity index (χ0v) is 26.7. The molecule has 0 radical (unpaired) electrons. The molecule has 0 aliphatic carbocycles. The fourth-order valence-electron chi connectivity index (χ4n) is 6.27. The number of hydrogen-bond donors (Lipinski definition) is 1. The molecule has 0 bridgehead atoms. The Morgan fingerprint density at radius 3 is 1.96 bits per heavy atom. The van der Waals surface area contributed by atoms with E-state index in [2.05, 4.69) is 24.3 Å². The van der Waals surface area contributed by atoms with Crippen LogP contribution in [0.5, 0.6) is 0 Å². The van der Waals surface area contributed by atoms with Crippen molar-refractivity contribution in [3.8, 4) is 0 Å². The van der Waals surface area contributed by atoms with Crippen molar-refractivity contribution >= 4 is 21.6 Å². The fourth-order valence-corrected chi connectivity index (χ4v) is 7.74. The Balaban J connectivity index is 1.18. The van der Waals surface area contributed by atoms with E-state index in [1.165, 1.54) is 0 Å². The van der Waals surface area contributed by atoms with Gasteiger partial charge in [-0.25, -0.2) is 0 Å². The molecule has 7 nitrogen and oxygen atoms in total. The maximum Gasteiger partial charge on any atom is 0.275 e. The molecule has 8 heteroatoms. The zero-order chi connectivity index (χ0) is 32.1. The van der Waals surface area contributed by atoms with E-state index >= 15 is 0 Å². The molecule has 0 saturated carbocycles. The van der Waals surface area contributed by atoms with Gasteiger partial charge in [-0.15, -0.1) is 0 Å². The van der Waals surface area contributed by atoms with Crippen molar-refractivity contribution in [2.45, 2.75) is 55.5 Å². The van der Waals surface area contributed by atoms with Crippen LogP contribution in [-0.2, 0) is 54.3 Å². The normalized spacial score (nSPS) is 27.3. The number of rotatable bonds is 11. The standard InChI is InChI=1S/C39H38O7S/c40-39-38(45-35(27-47(39)41)32-17-8-3-9-18-32)37(44-25-29-14-6-2-7-15-29)36(43-24-28-12-4-1-5-13-28)34(46-39)26-42-23-30-20-21-31-16-10-11-19-33(31)22-30/h1-22,34-38,40H,23-27H2/t34-,35-,36+,37+,38-,39+,47?/m1/s1. The Hall–Kier alpha value is -3.73. The van der Waals surface area contributed by atoms with Gasteiger partial charge in [0, 0.05) is 0 Å². The third-order valence-corrected chi connectivity index (χ3v) is 10.3. The van der Waals surface area contributed by atoms with Crippen molar-refractivity contribution in [1.29, 1.82) is 0 Å². The highest BCUT2D eigenvalue weighted by atomic mass is 32.2. The van der Waals surface area contributed by atoms with Gasteiger partial charge in [0.25, 0.3) is 5.12 Å². The summed E-state index contributed by atoms with van der Waals surface area (Å²) in [7, 11) is -1.84. The molecule has 0 amide bonds. The lowest BCUT2D eigenvalue weighted by atomic mass is 9.97. The molecule has 7 atom stereocenters. The molecule has 5 aromatic rings. The summed E-state index contributed by atoms with van der Waals surface area (Å²) >= 11 is 0. The van der Waals surface area contributed by atoms with Gasteiger partial charge in [-0.1, -0.05) is 127 Å². The summed E-state index contributed by atoms with van der Waals surface area (Å²) in [6.07, 6.45) is -3.97. The van der Waals surface area contributed by atoms with Gasteiger partial charge in [0.2, 0.25) is 0 Å². The first-order valence-electron chi connectivity index (χ1n) is 15.9. The first-order valence-corrected chi connectivity index (χ1v) is 17.2. The first-order chi connectivity index (χ1) is 23.1. The maximum atomic E-state index is 13.9. The van der Waals surface area contributed by atoms with Crippen LogP contribution in [0.15, 0.2) is 133 Å². The van der Waals surface area contributed by atoms with Gasteiger partial charge in [-0.05, 0) is 39.1 Å². The number of hydrogen-bond acceptors (Lipinski definition) is 7. The largest absolute Gasteiger partial charge is 0.374 e. The quantitative estimate of drug-likeness (QED) is 0.176. The van der Waals surface area contributed by atoms with Crippen molar-refractivity contribution in [1.82, 2.24) is 0 Å². The Morgan fingerprint density at radius 1 is 0.681 bits per heavy atom. The molecule has 2 aliphatic rings. The van der Waals surface area contributed by atoms with E-state index in [0.29, 0.717) is 6.61 Å². The van der Waals surface area contributed by atoms with Crippen molar-refractivity contribution < 1.29 is 33.0 Å². The first kappa shape index (κ1) is 31.8. The topological polar surface area (TPSA) is 83.5 Å². The molecule has 2 heterocycles. The summed E-state index contributed by atoms with van der Waals surface area (Å²) in [5, 5.41) is 12.2. The Morgan fingerprint density at radius 2 is 1.28 bits per heavy atom. The van der Waals surface area contributed by atoms with E-state index in [0.717, 1.165) is 33.0 Å². The smallest absolute Gasteiger partial charge is 0.275 e. The average Bonchev–Trinajstić information content (AvgIpc) is 3.12. The molecule has 2 fully saturated rings. The van der Waals surface area contributed by atoms with Crippen LogP contribution in [0.1, 0.15) is 28.4 Å². The summed E-state index contributed by atoms with van der Waals surface area (Å²) < 4.78 is 46.3. The second kappa shape index (κ2) is 14.6. The lowest BCUT2D eigenvalue weighted by molar-refractivity contribution is -0.343. The maximum absolute atomic E-state index is 13.9. The second-order valence-electron chi connectivity index (χ2n) is 12.0. The predicted octanol–water partition coefficient (Wildman–Crippen LogP) is 6.46. The lowest BCUT2D eigenvalue weighted by Crippen LogP contribution is -2.70. The molecule has 242 valence electrons. The van der Waals surface area contributed by atoms with E-state index in [9.17, 15) is 9.32 Å². The molecule has 2 aliphatic heterocycles. The summed E-state index contributed by atoms with van der Waals surface area (Å²) in [5.41, 5.74) is 3.79. The molecule has 2 saturated heterocycles. The molecule has 0 aromatic heterocycles. The van der Waals surface area contributed by atoms with Crippen LogP contribution in [0, 0.1) is 0 Å². The van der Waals surface area contributed by atoms with Gasteiger partial charge in [0.05, 0.1) is 49.1 Å². The van der Waals surface area contributed by atoms with E-state index in [1.807, 2.05) is 109 Å². The van der Waals surface area contributed by atoms with E-state index in [1.54, 1.807) is 0 Å². The van der Waals surface area contributed by atoms with Gasteiger partial charge in [0.15, 0.2) is 6.10 Å². The van der Waals surface area contributed by atoms with Crippen molar-refractivity contribution in [3.63, 3.8) is 0 Å². The highest BCUT2D eigenvalue weighted by molar-refractivity contribution is 7.86. The van der Waals surface area contributed by atoms with Gasteiger partial charge >= 0.3 is 0 Å². The van der Waals surface area contributed by atoms with Crippen LogP contribution >= 0.6 is 0 Å². The monoisotopic (exact) mass is 650 g/mol. The van der Waals surface area contributed by atoms with Crippen LogP contribution in [-0.4, -0.2) is 51.2 Å². The van der Waals surface area contributed by atoms with Crippen molar-refractivity contribution in [2.24, 2.45) is 0 Å². The van der Waals surface area contributed by atoms with Crippen LogP contribution in [0.3, 0.4) is 0 Å². The van der Waals surface area contributed by atoms with Gasteiger partial charge in [0.1, 0.15) is 18.3 Å². The third-order valence-electron chi connectivity index (χ3n) is 8.71. The molecular weight excluding hydrogens is 612 g/mol. The summed E-state index contributed by atoms with van der Waals surface area (Å²) in [6.45, 7) is 0.909. The van der Waals surface area contributed by atoms with Crippen molar-refractivity contribution in [3.05, 3.63) is 156 Å². The minimum absolute atomic E-state index is 0.0720. The van der Waals surface area contributed by atoms with Crippen LogP contribution in [0.25, 0.3) is 10.8 Å². The Bertz CT molecular complexity index is 1770. The number of benzene rings is 5. The summed E-state index contributed by atoms with van der Waals surface area (Å²) in [4.78, 5) is 0. The third kappa shape index (κ3) is 7.24. The van der Waals surface area contributed by atoms with Crippen molar-refractivity contribution in [2.75, 3.05) is 12.4 Å². The predicted molar refractivity (Wildman–Crippen MR) is 181 cm³/mol. The van der Waals surface area contributed by atoms with Crippen LogP contribution < -0.4 is 0 Å². The molecule has 5 aromatic carbocycles. The lowest BCUT2D eigenvalue weighted by Gasteiger charge is -2.52. The number of aliphatic hydroxyl groups is 1. The highest BCUT2D eigenvalue weighted by Gasteiger charge is 2.62. The number of ether oxygens (including phenoxy) is 5. The zero-order valence-electron chi connectivity index (χ0n) is 25.9. The van der Waals surface area contributed by atoms with E-state index in [-0.39, 0.29) is 25.6 Å². The minimum Gasteiger partial charge on any atom is -0.374 e.